The highest BCUT2D eigenvalue weighted by Crippen LogP contribution is 2.20. The van der Waals surface area contributed by atoms with Gasteiger partial charge in [0.1, 0.15) is 5.15 Å². The second kappa shape index (κ2) is 8.13. The van der Waals surface area contributed by atoms with Gasteiger partial charge in [-0.2, -0.15) is 5.10 Å². The summed E-state index contributed by atoms with van der Waals surface area (Å²) in [6, 6.07) is 0.271. The average Bonchev–Trinajstić information content (AvgIpc) is 2.79. The second-order valence-electron chi connectivity index (χ2n) is 6.53. The summed E-state index contributed by atoms with van der Waals surface area (Å²) >= 11 is 6.35. The van der Waals surface area contributed by atoms with Gasteiger partial charge in [-0.25, -0.2) is 0 Å². The molecule has 1 amide bonds. The Hall–Kier alpha value is -1.11. The van der Waals surface area contributed by atoms with Crippen LogP contribution in [0.5, 0.6) is 0 Å². The number of morpholine rings is 1. The molecule has 1 aromatic rings. The second-order valence-corrected chi connectivity index (χ2v) is 6.89. The van der Waals surface area contributed by atoms with Gasteiger partial charge in [-0.1, -0.05) is 25.4 Å². The van der Waals surface area contributed by atoms with Crippen LogP contribution >= 0.6 is 11.6 Å². The van der Waals surface area contributed by atoms with Gasteiger partial charge in [0.25, 0.3) is 5.91 Å². The molecule has 1 aromatic heterocycles. The summed E-state index contributed by atoms with van der Waals surface area (Å²) in [6.45, 7) is 12.7. The summed E-state index contributed by atoms with van der Waals surface area (Å²) < 4.78 is 7.06. The van der Waals surface area contributed by atoms with Crippen molar-refractivity contribution < 1.29 is 9.53 Å². The van der Waals surface area contributed by atoms with E-state index in [0.29, 0.717) is 35.4 Å². The molecule has 1 aliphatic heterocycles. The smallest absolute Gasteiger partial charge is 0.256 e. The standard InChI is InChI=1S/C16H27ClN4O2/c1-11(2)10-21-15(17)14(13(4)19-21)16(22)18-9-12(3)20-5-7-23-8-6-20/h11-12H,5-10H2,1-4H3,(H,18,22)/t12-/m1/s1. The van der Waals surface area contributed by atoms with Crippen LogP contribution in [0.3, 0.4) is 0 Å². The quantitative estimate of drug-likeness (QED) is 0.858. The number of carbonyl (C=O) groups is 1. The summed E-state index contributed by atoms with van der Waals surface area (Å²) in [7, 11) is 0. The minimum atomic E-state index is -0.150. The van der Waals surface area contributed by atoms with Crippen LogP contribution in [0.4, 0.5) is 0 Å². The zero-order valence-corrected chi connectivity index (χ0v) is 15.2. The van der Waals surface area contributed by atoms with Crippen LogP contribution in [-0.4, -0.2) is 59.5 Å². The van der Waals surface area contributed by atoms with E-state index in [4.69, 9.17) is 16.3 Å². The molecule has 0 spiro atoms. The number of aromatic nitrogens is 2. The van der Waals surface area contributed by atoms with E-state index in [1.165, 1.54) is 0 Å². The molecule has 0 bridgehead atoms. The summed E-state index contributed by atoms with van der Waals surface area (Å²) in [5.41, 5.74) is 1.16. The number of amides is 1. The van der Waals surface area contributed by atoms with E-state index in [-0.39, 0.29) is 11.9 Å². The van der Waals surface area contributed by atoms with Gasteiger partial charge in [-0.15, -0.1) is 0 Å². The van der Waals surface area contributed by atoms with Gasteiger partial charge in [-0.3, -0.25) is 14.4 Å². The normalized spacial score (nSPS) is 17.5. The van der Waals surface area contributed by atoms with E-state index in [0.717, 1.165) is 26.3 Å². The topological polar surface area (TPSA) is 59.4 Å². The number of halogens is 1. The third-order valence-electron chi connectivity index (χ3n) is 4.06. The summed E-state index contributed by atoms with van der Waals surface area (Å²) in [5, 5.41) is 7.79. The highest BCUT2D eigenvalue weighted by atomic mass is 35.5. The molecule has 1 aliphatic rings. The van der Waals surface area contributed by atoms with E-state index in [2.05, 4.69) is 36.1 Å². The van der Waals surface area contributed by atoms with Gasteiger partial charge in [-0.05, 0) is 19.8 Å². The first-order valence-corrected chi connectivity index (χ1v) is 8.60. The molecule has 1 fully saturated rings. The number of carbonyl (C=O) groups excluding carboxylic acids is 1. The van der Waals surface area contributed by atoms with Crippen molar-refractivity contribution in [1.29, 1.82) is 0 Å². The molecule has 130 valence electrons. The minimum Gasteiger partial charge on any atom is -0.379 e. The fourth-order valence-corrected chi connectivity index (χ4v) is 3.08. The maximum absolute atomic E-state index is 12.5. The van der Waals surface area contributed by atoms with E-state index in [1.807, 2.05) is 6.92 Å². The average molecular weight is 343 g/mol. The van der Waals surface area contributed by atoms with Gasteiger partial charge in [0.05, 0.1) is 24.5 Å². The number of hydrogen-bond acceptors (Lipinski definition) is 4. The van der Waals surface area contributed by atoms with Crippen molar-refractivity contribution in [2.75, 3.05) is 32.8 Å². The first-order chi connectivity index (χ1) is 10.9. The molecule has 2 rings (SSSR count). The van der Waals surface area contributed by atoms with Gasteiger partial charge < -0.3 is 10.1 Å². The number of nitrogens with one attached hydrogen (secondary N) is 1. The third-order valence-corrected chi connectivity index (χ3v) is 4.44. The van der Waals surface area contributed by atoms with Crippen LogP contribution in [0.1, 0.15) is 36.8 Å². The lowest BCUT2D eigenvalue weighted by atomic mass is 10.2. The Morgan fingerprint density at radius 2 is 2.00 bits per heavy atom. The Kier molecular flexibility index (Phi) is 6.44. The molecule has 23 heavy (non-hydrogen) atoms. The number of rotatable bonds is 6. The van der Waals surface area contributed by atoms with Gasteiger partial charge >= 0.3 is 0 Å². The van der Waals surface area contributed by atoms with Crippen molar-refractivity contribution in [2.24, 2.45) is 5.92 Å². The van der Waals surface area contributed by atoms with Gasteiger partial charge in [0.15, 0.2) is 0 Å². The zero-order chi connectivity index (χ0) is 17.0. The van der Waals surface area contributed by atoms with E-state index >= 15 is 0 Å². The Balaban J connectivity index is 1.96. The predicted octanol–water partition coefficient (Wildman–Crippen LogP) is 1.95. The summed E-state index contributed by atoms with van der Waals surface area (Å²) in [4.78, 5) is 14.8. The maximum Gasteiger partial charge on any atom is 0.256 e. The van der Waals surface area contributed by atoms with Crippen molar-refractivity contribution in [1.82, 2.24) is 20.0 Å². The molecule has 7 heteroatoms. The molecule has 2 heterocycles. The summed E-state index contributed by atoms with van der Waals surface area (Å²) in [5.74, 6) is 0.270. The van der Waals surface area contributed by atoms with Crippen molar-refractivity contribution >= 4 is 17.5 Å². The van der Waals surface area contributed by atoms with Crippen molar-refractivity contribution in [2.45, 2.75) is 40.3 Å². The Bertz CT molecular complexity index is 538. The number of ether oxygens (including phenoxy) is 1. The zero-order valence-electron chi connectivity index (χ0n) is 14.4. The Labute approximate surface area is 143 Å². The molecule has 0 radical (unpaired) electrons. The van der Waals surface area contributed by atoms with E-state index < -0.39 is 0 Å². The van der Waals surface area contributed by atoms with Crippen LogP contribution in [0.25, 0.3) is 0 Å². The molecule has 0 saturated carbocycles. The first kappa shape index (κ1) is 18.2. The molecule has 0 unspecified atom stereocenters. The van der Waals surface area contributed by atoms with Crippen LogP contribution < -0.4 is 5.32 Å². The molecule has 6 nitrogen and oxygen atoms in total. The van der Waals surface area contributed by atoms with Crippen LogP contribution in [-0.2, 0) is 11.3 Å². The predicted molar refractivity (Wildman–Crippen MR) is 91.0 cm³/mol. The van der Waals surface area contributed by atoms with Crippen LogP contribution in [0.2, 0.25) is 5.15 Å². The SMILES string of the molecule is Cc1nn(CC(C)C)c(Cl)c1C(=O)NC[C@@H](C)N1CCOCC1. The molecule has 1 N–H and O–H groups in total. The van der Waals surface area contributed by atoms with Gasteiger partial charge in [0, 0.05) is 32.2 Å². The molecule has 1 saturated heterocycles. The largest absolute Gasteiger partial charge is 0.379 e. The lowest BCUT2D eigenvalue weighted by Gasteiger charge is -2.32. The molecule has 1 atom stereocenters. The number of hydrogen-bond donors (Lipinski definition) is 1. The Morgan fingerprint density at radius 1 is 1.35 bits per heavy atom. The van der Waals surface area contributed by atoms with Crippen molar-refractivity contribution in [3.8, 4) is 0 Å². The summed E-state index contributed by atoms with van der Waals surface area (Å²) in [6.07, 6.45) is 0. The monoisotopic (exact) mass is 342 g/mol. The molecule has 0 aromatic carbocycles. The fraction of sp³-hybridized carbons (Fsp3) is 0.750. The van der Waals surface area contributed by atoms with E-state index in [1.54, 1.807) is 4.68 Å². The maximum atomic E-state index is 12.5. The van der Waals surface area contributed by atoms with Crippen LogP contribution in [0, 0.1) is 12.8 Å². The Morgan fingerprint density at radius 3 is 2.61 bits per heavy atom. The van der Waals surface area contributed by atoms with Crippen LogP contribution in [0.15, 0.2) is 0 Å². The number of nitrogens with zero attached hydrogens (tertiary/aromatic N) is 3. The highest BCUT2D eigenvalue weighted by molar-refractivity contribution is 6.33. The lowest BCUT2D eigenvalue weighted by molar-refractivity contribution is 0.0204. The third kappa shape index (κ3) is 4.68. The van der Waals surface area contributed by atoms with Gasteiger partial charge in [0.2, 0.25) is 0 Å². The molecule has 0 aliphatic carbocycles. The molecular weight excluding hydrogens is 316 g/mol. The highest BCUT2D eigenvalue weighted by Gasteiger charge is 2.22. The first-order valence-electron chi connectivity index (χ1n) is 8.23. The minimum absolute atomic E-state index is 0.150. The lowest BCUT2D eigenvalue weighted by Crippen LogP contribution is -2.47. The fourth-order valence-electron chi connectivity index (χ4n) is 2.75. The van der Waals surface area contributed by atoms with Crippen molar-refractivity contribution in [3.05, 3.63) is 16.4 Å². The van der Waals surface area contributed by atoms with Crippen molar-refractivity contribution in [3.63, 3.8) is 0 Å². The molecular formula is C16H27ClN4O2. The van der Waals surface area contributed by atoms with E-state index in [9.17, 15) is 4.79 Å². The number of aryl methyl sites for hydroxylation is 1.